The van der Waals surface area contributed by atoms with E-state index in [2.05, 4.69) is 15.8 Å². The predicted molar refractivity (Wildman–Crippen MR) is 64.2 cm³/mol. The van der Waals surface area contributed by atoms with Crippen LogP contribution < -0.4 is 10.9 Å². The third-order valence-corrected chi connectivity index (χ3v) is 1.75. The molecule has 0 radical (unpaired) electrons. The van der Waals surface area contributed by atoms with E-state index in [4.69, 9.17) is 9.84 Å². The molecule has 3 N–H and O–H groups in total. The van der Waals surface area contributed by atoms with Crippen molar-refractivity contribution in [2.75, 3.05) is 5.43 Å². The number of hydrazine groups is 1. The van der Waals surface area contributed by atoms with Crippen LogP contribution in [-0.2, 0) is 4.74 Å². The highest BCUT2D eigenvalue weighted by Crippen LogP contribution is 2.12. The molecule has 7 nitrogen and oxygen atoms in total. The lowest BCUT2D eigenvalue weighted by atomic mass is 10.2. The van der Waals surface area contributed by atoms with E-state index in [1.54, 1.807) is 20.8 Å². The predicted octanol–water partition coefficient (Wildman–Crippen LogP) is 1.63. The summed E-state index contributed by atoms with van der Waals surface area (Å²) in [5, 5.41) is 8.89. The van der Waals surface area contributed by atoms with E-state index < -0.39 is 17.7 Å². The second kappa shape index (κ2) is 5.35. The summed E-state index contributed by atoms with van der Waals surface area (Å²) in [5.74, 6) is -1.14. The molecule has 0 spiro atoms. The maximum absolute atomic E-state index is 11.4. The van der Waals surface area contributed by atoms with Crippen molar-refractivity contribution in [3.8, 4) is 0 Å². The van der Waals surface area contributed by atoms with E-state index in [-0.39, 0.29) is 11.3 Å². The lowest BCUT2D eigenvalue weighted by molar-refractivity contribution is 0.0539. The first kappa shape index (κ1) is 13.8. The maximum atomic E-state index is 11.4. The highest BCUT2D eigenvalue weighted by molar-refractivity contribution is 5.93. The number of carbonyl (C=O) groups is 2. The number of ether oxygens (including phenoxy) is 1. The van der Waals surface area contributed by atoms with Gasteiger partial charge in [-0.2, -0.15) is 0 Å². The second-order valence-corrected chi connectivity index (χ2v) is 4.48. The average Bonchev–Trinajstić information content (AvgIpc) is 2.24. The molecule has 0 fully saturated rings. The summed E-state index contributed by atoms with van der Waals surface area (Å²) in [6.07, 6.45) is 1.89. The van der Waals surface area contributed by atoms with Crippen LogP contribution in [-0.4, -0.2) is 27.8 Å². The molecule has 18 heavy (non-hydrogen) atoms. The number of amides is 1. The number of carboxylic acids is 1. The molecular weight excluding hydrogens is 238 g/mol. The van der Waals surface area contributed by atoms with Gasteiger partial charge in [0.1, 0.15) is 11.2 Å². The summed E-state index contributed by atoms with van der Waals surface area (Å²) >= 11 is 0. The molecule has 0 saturated carbocycles. The topological polar surface area (TPSA) is 101 Å². The Labute approximate surface area is 104 Å². The summed E-state index contributed by atoms with van der Waals surface area (Å²) in [5.41, 5.74) is 4.27. The van der Waals surface area contributed by atoms with Crippen LogP contribution in [0.2, 0.25) is 0 Å². The summed E-state index contributed by atoms with van der Waals surface area (Å²) < 4.78 is 4.98. The standard InChI is InChI=1S/C11H15N3O4/c1-11(2,3)18-10(17)14-13-8-4-5-12-6-7(8)9(15)16/h4-6H,1-3H3,(H,12,13)(H,14,17)(H,15,16). The number of rotatable bonds is 3. The van der Waals surface area contributed by atoms with Crippen molar-refractivity contribution >= 4 is 17.7 Å². The fraction of sp³-hybridized carbons (Fsp3) is 0.364. The molecule has 0 aliphatic rings. The van der Waals surface area contributed by atoms with Crippen LogP contribution in [0.1, 0.15) is 31.1 Å². The maximum Gasteiger partial charge on any atom is 0.426 e. The van der Waals surface area contributed by atoms with Crippen LogP contribution in [0, 0.1) is 0 Å². The van der Waals surface area contributed by atoms with Crippen molar-refractivity contribution in [3.63, 3.8) is 0 Å². The van der Waals surface area contributed by atoms with E-state index in [1.807, 2.05) is 0 Å². The minimum atomic E-state index is -1.14. The Bertz CT molecular complexity index is 454. The first-order valence-corrected chi connectivity index (χ1v) is 5.22. The van der Waals surface area contributed by atoms with Gasteiger partial charge < -0.3 is 9.84 Å². The number of nitrogens with zero attached hydrogens (tertiary/aromatic N) is 1. The van der Waals surface area contributed by atoms with Gasteiger partial charge >= 0.3 is 12.1 Å². The number of hydrogen-bond acceptors (Lipinski definition) is 5. The molecule has 98 valence electrons. The fourth-order valence-corrected chi connectivity index (χ4v) is 1.10. The number of aromatic carboxylic acids is 1. The van der Waals surface area contributed by atoms with E-state index in [9.17, 15) is 9.59 Å². The monoisotopic (exact) mass is 253 g/mol. The molecule has 1 heterocycles. The molecule has 0 bridgehead atoms. The Balaban J connectivity index is 2.64. The van der Waals surface area contributed by atoms with E-state index in [0.717, 1.165) is 0 Å². The summed E-state index contributed by atoms with van der Waals surface area (Å²) in [4.78, 5) is 25.9. The molecule has 1 amide bonds. The minimum Gasteiger partial charge on any atom is -0.478 e. The van der Waals surface area contributed by atoms with Crippen LogP contribution in [0.15, 0.2) is 18.5 Å². The van der Waals surface area contributed by atoms with Gasteiger partial charge in [0.05, 0.1) is 5.69 Å². The van der Waals surface area contributed by atoms with Crippen LogP contribution in [0.5, 0.6) is 0 Å². The van der Waals surface area contributed by atoms with E-state index >= 15 is 0 Å². The van der Waals surface area contributed by atoms with Crippen molar-refractivity contribution in [1.82, 2.24) is 10.4 Å². The first-order chi connectivity index (χ1) is 8.29. The van der Waals surface area contributed by atoms with Gasteiger partial charge in [-0.3, -0.25) is 10.4 Å². The van der Waals surface area contributed by atoms with Gasteiger partial charge in [0.25, 0.3) is 0 Å². The fourth-order valence-electron chi connectivity index (χ4n) is 1.10. The van der Waals surface area contributed by atoms with Crippen LogP contribution >= 0.6 is 0 Å². The number of carboxylic acid groups (broad SMARTS) is 1. The Morgan fingerprint density at radius 2 is 2.06 bits per heavy atom. The zero-order valence-electron chi connectivity index (χ0n) is 10.4. The Morgan fingerprint density at radius 3 is 2.61 bits per heavy atom. The minimum absolute atomic E-state index is 0.0476. The van der Waals surface area contributed by atoms with Gasteiger partial charge in [-0.05, 0) is 26.8 Å². The molecule has 0 atom stereocenters. The molecule has 1 aromatic rings. The molecule has 7 heteroatoms. The normalized spacial score (nSPS) is 10.6. The Morgan fingerprint density at radius 1 is 1.39 bits per heavy atom. The Kier molecular flexibility index (Phi) is 4.09. The van der Waals surface area contributed by atoms with Crippen molar-refractivity contribution in [2.24, 2.45) is 0 Å². The van der Waals surface area contributed by atoms with Gasteiger partial charge in [-0.1, -0.05) is 0 Å². The lowest BCUT2D eigenvalue weighted by Gasteiger charge is -2.20. The molecule has 1 aromatic heterocycles. The first-order valence-electron chi connectivity index (χ1n) is 5.22. The van der Waals surface area contributed by atoms with Crippen molar-refractivity contribution in [3.05, 3.63) is 24.0 Å². The molecule has 0 saturated heterocycles. The van der Waals surface area contributed by atoms with Crippen molar-refractivity contribution in [1.29, 1.82) is 0 Å². The summed E-state index contributed by atoms with van der Waals surface area (Å²) in [6, 6.07) is 1.43. The zero-order chi connectivity index (χ0) is 13.8. The number of carbonyl (C=O) groups excluding carboxylic acids is 1. The Hall–Kier alpha value is -2.31. The zero-order valence-corrected chi connectivity index (χ0v) is 10.4. The van der Waals surface area contributed by atoms with Gasteiger partial charge in [0.2, 0.25) is 0 Å². The smallest absolute Gasteiger partial charge is 0.426 e. The highest BCUT2D eigenvalue weighted by atomic mass is 16.6. The molecule has 0 aromatic carbocycles. The number of nitrogens with one attached hydrogen (secondary N) is 2. The third-order valence-electron chi connectivity index (χ3n) is 1.75. The second-order valence-electron chi connectivity index (χ2n) is 4.48. The average molecular weight is 253 g/mol. The highest BCUT2D eigenvalue weighted by Gasteiger charge is 2.16. The van der Waals surface area contributed by atoms with Gasteiger partial charge in [-0.15, -0.1) is 0 Å². The summed E-state index contributed by atoms with van der Waals surface area (Å²) in [6.45, 7) is 5.17. The molecule has 0 unspecified atom stereocenters. The van der Waals surface area contributed by atoms with Crippen LogP contribution in [0.4, 0.5) is 10.5 Å². The quantitative estimate of drug-likeness (QED) is 0.708. The van der Waals surface area contributed by atoms with Crippen molar-refractivity contribution < 1.29 is 19.4 Å². The number of pyridine rings is 1. The van der Waals surface area contributed by atoms with Crippen molar-refractivity contribution in [2.45, 2.75) is 26.4 Å². The van der Waals surface area contributed by atoms with Crippen LogP contribution in [0.25, 0.3) is 0 Å². The van der Waals surface area contributed by atoms with E-state index in [1.165, 1.54) is 18.5 Å². The number of anilines is 1. The third kappa shape index (κ3) is 4.28. The van der Waals surface area contributed by atoms with Gasteiger partial charge in [-0.25, -0.2) is 15.0 Å². The molecular formula is C11H15N3O4. The molecule has 0 aliphatic carbocycles. The lowest BCUT2D eigenvalue weighted by Crippen LogP contribution is -2.36. The van der Waals surface area contributed by atoms with Gasteiger partial charge in [0.15, 0.2) is 0 Å². The number of hydrogen-bond donors (Lipinski definition) is 3. The largest absolute Gasteiger partial charge is 0.478 e. The molecule has 0 aliphatic heterocycles. The van der Waals surface area contributed by atoms with Gasteiger partial charge in [0, 0.05) is 12.4 Å². The number of aromatic nitrogens is 1. The SMILES string of the molecule is CC(C)(C)OC(=O)NNc1ccncc1C(=O)O. The van der Waals surface area contributed by atoms with E-state index in [0.29, 0.717) is 0 Å². The van der Waals surface area contributed by atoms with Crippen LogP contribution in [0.3, 0.4) is 0 Å². The molecule has 1 rings (SSSR count). The summed E-state index contributed by atoms with van der Waals surface area (Å²) in [7, 11) is 0.